The molecule has 140 valence electrons. The summed E-state index contributed by atoms with van der Waals surface area (Å²) in [6, 6.07) is 17.9. The molecule has 0 fully saturated rings. The number of halogens is 1. The van der Waals surface area contributed by atoms with Gasteiger partial charge in [0.25, 0.3) is 0 Å². The molecule has 4 rings (SSSR count). The molecule has 28 heavy (non-hydrogen) atoms. The molecular formula is C23H19FN2O2. The van der Waals surface area contributed by atoms with Gasteiger partial charge in [0, 0.05) is 31.6 Å². The van der Waals surface area contributed by atoms with E-state index < -0.39 is 0 Å². The van der Waals surface area contributed by atoms with E-state index in [1.807, 2.05) is 36.4 Å². The third-order valence-electron chi connectivity index (χ3n) is 4.64. The third kappa shape index (κ3) is 3.77. The maximum absolute atomic E-state index is 13.0. The lowest BCUT2D eigenvalue weighted by Crippen LogP contribution is -2.44. The van der Waals surface area contributed by atoms with Crippen molar-refractivity contribution in [2.45, 2.75) is 19.5 Å². The van der Waals surface area contributed by atoms with Crippen LogP contribution >= 0.6 is 0 Å². The van der Waals surface area contributed by atoms with Crippen LogP contribution in [0.3, 0.4) is 0 Å². The van der Waals surface area contributed by atoms with Crippen LogP contribution in [0.2, 0.25) is 0 Å². The summed E-state index contributed by atoms with van der Waals surface area (Å²) in [5.41, 5.74) is 2.95. The molecule has 0 unspecified atom stereocenters. The van der Waals surface area contributed by atoms with Gasteiger partial charge in [-0.05, 0) is 29.2 Å². The lowest BCUT2D eigenvalue weighted by molar-refractivity contribution is 0.195. The average molecular weight is 374 g/mol. The van der Waals surface area contributed by atoms with Crippen molar-refractivity contribution in [2.75, 3.05) is 11.9 Å². The van der Waals surface area contributed by atoms with Gasteiger partial charge >= 0.3 is 6.03 Å². The van der Waals surface area contributed by atoms with E-state index in [0.29, 0.717) is 31.2 Å². The Labute approximate surface area is 163 Å². The first-order chi connectivity index (χ1) is 13.6. The van der Waals surface area contributed by atoms with Gasteiger partial charge in [-0.2, -0.15) is 0 Å². The largest absolute Gasteiger partial charge is 0.431 e. The molecule has 4 nitrogen and oxygen atoms in total. The smallest absolute Gasteiger partial charge is 0.327 e. The summed E-state index contributed by atoms with van der Waals surface area (Å²) in [6.07, 6.45) is 0.501. The minimum absolute atomic E-state index is 0.100. The van der Waals surface area contributed by atoms with Crippen LogP contribution in [-0.2, 0) is 19.5 Å². The second kappa shape index (κ2) is 7.61. The fourth-order valence-corrected chi connectivity index (χ4v) is 3.21. The Bertz CT molecular complexity index is 1050. The van der Waals surface area contributed by atoms with E-state index in [1.54, 1.807) is 24.1 Å². The maximum atomic E-state index is 13.0. The number of hydrogen-bond acceptors (Lipinski definition) is 2. The monoisotopic (exact) mass is 374 g/mol. The topological polar surface area (TPSA) is 36.7 Å². The van der Waals surface area contributed by atoms with Gasteiger partial charge in [-0.1, -0.05) is 48.4 Å². The molecule has 1 aromatic heterocycles. The van der Waals surface area contributed by atoms with Gasteiger partial charge in [-0.25, -0.2) is 9.18 Å². The number of anilines is 1. The molecule has 3 aromatic rings. The van der Waals surface area contributed by atoms with Gasteiger partial charge in [-0.3, -0.25) is 4.90 Å². The SMILES string of the molecule is CN1C(=O)N(Cc2ccccc2)Cc2cc(C#CCc3ccc(F)cc3)oc21. The van der Waals surface area contributed by atoms with Gasteiger partial charge in [0.2, 0.25) is 5.88 Å². The second-order valence-corrected chi connectivity index (χ2v) is 6.73. The minimum atomic E-state index is -0.261. The number of rotatable bonds is 3. The molecule has 0 radical (unpaired) electrons. The van der Waals surface area contributed by atoms with Crippen molar-refractivity contribution in [2.24, 2.45) is 0 Å². The molecule has 0 saturated heterocycles. The van der Waals surface area contributed by atoms with Crippen LogP contribution in [0.4, 0.5) is 15.1 Å². The molecule has 2 amide bonds. The van der Waals surface area contributed by atoms with Gasteiger partial charge in [-0.15, -0.1) is 0 Å². The summed E-state index contributed by atoms with van der Waals surface area (Å²) < 4.78 is 18.7. The summed E-state index contributed by atoms with van der Waals surface area (Å²) >= 11 is 0. The second-order valence-electron chi connectivity index (χ2n) is 6.73. The molecule has 0 aliphatic carbocycles. The van der Waals surface area contributed by atoms with Crippen LogP contribution in [0.25, 0.3) is 0 Å². The zero-order valence-electron chi connectivity index (χ0n) is 15.5. The molecule has 1 aliphatic rings. The quantitative estimate of drug-likeness (QED) is 0.629. The summed E-state index contributed by atoms with van der Waals surface area (Å²) in [6.45, 7) is 1.02. The highest BCUT2D eigenvalue weighted by Gasteiger charge is 2.31. The number of fused-ring (bicyclic) bond motifs is 1. The van der Waals surface area contributed by atoms with E-state index in [9.17, 15) is 9.18 Å². The molecule has 2 aromatic carbocycles. The van der Waals surface area contributed by atoms with E-state index in [-0.39, 0.29) is 11.8 Å². The van der Waals surface area contributed by atoms with Crippen LogP contribution in [0.5, 0.6) is 0 Å². The van der Waals surface area contributed by atoms with Crippen molar-refractivity contribution in [3.63, 3.8) is 0 Å². The molecule has 0 N–H and O–H groups in total. The van der Waals surface area contributed by atoms with E-state index in [0.717, 1.165) is 16.7 Å². The first-order valence-electron chi connectivity index (χ1n) is 9.03. The molecular weight excluding hydrogens is 355 g/mol. The molecule has 0 bridgehead atoms. The number of benzene rings is 2. The first-order valence-corrected chi connectivity index (χ1v) is 9.03. The van der Waals surface area contributed by atoms with Crippen molar-refractivity contribution < 1.29 is 13.6 Å². The number of urea groups is 1. The van der Waals surface area contributed by atoms with Gasteiger partial charge in [0.15, 0.2) is 5.76 Å². The summed E-state index contributed by atoms with van der Waals surface area (Å²) in [5, 5.41) is 0. The van der Waals surface area contributed by atoms with Crippen LogP contribution < -0.4 is 4.90 Å². The van der Waals surface area contributed by atoms with E-state index in [2.05, 4.69) is 11.8 Å². The third-order valence-corrected chi connectivity index (χ3v) is 4.64. The maximum Gasteiger partial charge on any atom is 0.327 e. The highest BCUT2D eigenvalue weighted by molar-refractivity contribution is 5.92. The summed E-state index contributed by atoms with van der Waals surface area (Å²) in [4.78, 5) is 16.0. The van der Waals surface area contributed by atoms with Crippen molar-refractivity contribution in [1.82, 2.24) is 4.90 Å². The van der Waals surface area contributed by atoms with Crippen molar-refractivity contribution in [1.29, 1.82) is 0 Å². The standard InChI is InChI=1S/C23H19FN2O2/c1-25-22-19(16-26(23(25)27)15-18-6-3-2-4-7-18)14-21(28-22)9-5-8-17-10-12-20(24)13-11-17/h2-4,6-7,10-14H,8,15-16H2,1H3. The Morgan fingerprint density at radius 2 is 1.82 bits per heavy atom. The predicted molar refractivity (Wildman–Crippen MR) is 105 cm³/mol. The predicted octanol–water partition coefficient (Wildman–Crippen LogP) is 4.58. The number of carbonyl (C=O) groups is 1. The Balaban J connectivity index is 1.49. The number of carbonyl (C=O) groups excluding carboxylic acids is 1. The Morgan fingerprint density at radius 3 is 2.57 bits per heavy atom. The molecule has 0 saturated carbocycles. The summed E-state index contributed by atoms with van der Waals surface area (Å²) in [5.74, 6) is 6.84. The van der Waals surface area contributed by atoms with Crippen LogP contribution in [-0.4, -0.2) is 18.0 Å². The lowest BCUT2D eigenvalue weighted by atomic mass is 10.1. The first kappa shape index (κ1) is 17.9. The zero-order chi connectivity index (χ0) is 19.5. The van der Waals surface area contributed by atoms with Crippen molar-refractivity contribution in [3.8, 4) is 11.8 Å². The van der Waals surface area contributed by atoms with Crippen molar-refractivity contribution >= 4 is 11.9 Å². The normalized spacial score (nSPS) is 13.1. The highest BCUT2D eigenvalue weighted by Crippen LogP contribution is 2.31. The molecule has 0 atom stereocenters. The Kier molecular flexibility index (Phi) is 4.86. The summed E-state index contributed by atoms with van der Waals surface area (Å²) in [7, 11) is 1.71. The minimum Gasteiger partial charge on any atom is -0.431 e. The van der Waals surface area contributed by atoms with Gasteiger partial charge < -0.3 is 9.32 Å². The molecule has 0 spiro atoms. The fourth-order valence-electron chi connectivity index (χ4n) is 3.21. The van der Waals surface area contributed by atoms with Gasteiger partial charge in [0.1, 0.15) is 5.82 Å². The van der Waals surface area contributed by atoms with Crippen LogP contribution in [0.1, 0.15) is 22.5 Å². The van der Waals surface area contributed by atoms with Crippen molar-refractivity contribution in [3.05, 3.63) is 88.9 Å². The Morgan fingerprint density at radius 1 is 1.07 bits per heavy atom. The molecule has 2 heterocycles. The van der Waals surface area contributed by atoms with E-state index in [4.69, 9.17) is 4.42 Å². The Hall–Kier alpha value is -3.52. The van der Waals surface area contributed by atoms with Crippen LogP contribution in [0, 0.1) is 17.7 Å². The molecule has 1 aliphatic heterocycles. The molecule has 5 heteroatoms. The van der Waals surface area contributed by atoms with E-state index in [1.165, 1.54) is 17.0 Å². The number of hydrogen-bond donors (Lipinski definition) is 0. The average Bonchev–Trinajstić information content (AvgIpc) is 3.11. The van der Waals surface area contributed by atoms with Gasteiger partial charge in [0.05, 0.1) is 6.54 Å². The number of amides is 2. The lowest BCUT2D eigenvalue weighted by Gasteiger charge is -2.32. The van der Waals surface area contributed by atoms with E-state index >= 15 is 0 Å². The fraction of sp³-hybridized carbons (Fsp3) is 0.174. The zero-order valence-corrected chi connectivity index (χ0v) is 15.5. The highest BCUT2D eigenvalue weighted by atomic mass is 19.1. The number of nitrogens with zero attached hydrogens (tertiary/aromatic N) is 2. The number of furan rings is 1. The van der Waals surface area contributed by atoms with Crippen LogP contribution in [0.15, 0.2) is 65.1 Å².